The van der Waals surface area contributed by atoms with Crippen LogP contribution in [0.15, 0.2) is 30.6 Å². The fourth-order valence-electron chi connectivity index (χ4n) is 3.17. The molecule has 0 fully saturated rings. The molecule has 3 aromatic rings. The molecule has 0 bridgehead atoms. The van der Waals surface area contributed by atoms with E-state index in [-0.39, 0.29) is 18.6 Å². The first-order chi connectivity index (χ1) is 11.6. The molecule has 1 aliphatic rings. The average molecular weight is 326 g/mol. The molecule has 0 N–H and O–H groups in total. The van der Waals surface area contributed by atoms with Gasteiger partial charge in [0, 0.05) is 30.5 Å². The highest BCUT2D eigenvalue weighted by atomic mass is 16.5. The van der Waals surface area contributed by atoms with Gasteiger partial charge in [0.25, 0.3) is 5.91 Å². The molecule has 0 saturated heterocycles. The van der Waals surface area contributed by atoms with E-state index in [1.54, 1.807) is 12.1 Å². The number of hydrogen-bond donors (Lipinski definition) is 0. The van der Waals surface area contributed by atoms with Crippen molar-refractivity contribution >= 4 is 11.6 Å². The Morgan fingerprint density at radius 3 is 3.04 bits per heavy atom. The molecule has 3 aromatic heterocycles. The Labute approximate surface area is 138 Å². The van der Waals surface area contributed by atoms with Crippen molar-refractivity contribution in [2.75, 3.05) is 13.2 Å². The molecule has 0 aromatic carbocycles. The van der Waals surface area contributed by atoms with Crippen LogP contribution in [0.1, 0.15) is 24.4 Å². The second-order valence-electron chi connectivity index (χ2n) is 5.91. The number of aryl methyl sites for hydroxylation is 1. The van der Waals surface area contributed by atoms with E-state index in [1.165, 1.54) is 16.5 Å². The van der Waals surface area contributed by atoms with Crippen molar-refractivity contribution in [1.82, 2.24) is 29.3 Å². The van der Waals surface area contributed by atoms with E-state index in [0.717, 1.165) is 12.2 Å². The average Bonchev–Trinajstić information content (AvgIpc) is 3.20. The summed E-state index contributed by atoms with van der Waals surface area (Å²) in [7, 11) is 0. The van der Waals surface area contributed by atoms with Gasteiger partial charge in [-0.1, -0.05) is 0 Å². The first-order valence-electron chi connectivity index (χ1n) is 7.89. The van der Waals surface area contributed by atoms with Crippen LogP contribution < -0.4 is 4.74 Å². The first kappa shape index (κ1) is 14.7. The van der Waals surface area contributed by atoms with Crippen LogP contribution in [0.4, 0.5) is 0 Å². The summed E-state index contributed by atoms with van der Waals surface area (Å²) in [5.74, 6) is 0.331. The number of nitrogens with zero attached hydrogens (tertiary/aromatic N) is 6. The Hall–Kier alpha value is -2.90. The van der Waals surface area contributed by atoms with Crippen LogP contribution in [-0.4, -0.2) is 48.3 Å². The zero-order valence-electron chi connectivity index (χ0n) is 13.6. The number of hydrogen-bond acceptors (Lipinski definition) is 5. The highest BCUT2D eigenvalue weighted by Crippen LogP contribution is 2.27. The lowest BCUT2D eigenvalue weighted by atomic mass is 10.1. The lowest BCUT2D eigenvalue weighted by molar-refractivity contribution is -0.136. The van der Waals surface area contributed by atoms with Gasteiger partial charge in [-0.05, 0) is 32.0 Å². The predicted molar refractivity (Wildman–Crippen MR) is 85.6 cm³/mol. The lowest BCUT2D eigenvalue weighted by Gasteiger charge is -2.35. The molecule has 1 aliphatic heterocycles. The molecule has 4 heterocycles. The maximum absolute atomic E-state index is 12.5. The lowest BCUT2D eigenvalue weighted by Crippen LogP contribution is -2.43. The third kappa shape index (κ3) is 2.40. The molecule has 8 heteroatoms. The molecule has 24 heavy (non-hydrogen) atoms. The molecule has 0 unspecified atom stereocenters. The minimum Gasteiger partial charge on any atom is -0.467 e. The number of aromatic nitrogens is 5. The summed E-state index contributed by atoms with van der Waals surface area (Å²) < 4.78 is 9.33. The van der Waals surface area contributed by atoms with Gasteiger partial charge in [0.2, 0.25) is 5.88 Å². The van der Waals surface area contributed by atoms with E-state index in [1.807, 2.05) is 11.8 Å². The van der Waals surface area contributed by atoms with Crippen LogP contribution in [0, 0.1) is 6.92 Å². The van der Waals surface area contributed by atoms with Gasteiger partial charge in [-0.25, -0.2) is 0 Å². The Morgan fingerprint density at radius 1 is 1.29 bits per heavy atom. The molecule has 1 atom stereocenters. The van der Waals surface area contributed by atoms with E-state index >= 15 is 0 Å². The number of amides is 1. The van der Waals surface area contributed by atoms with Crippen LogP contribution in [0.5, 0.6) is 5.88 Å². The zero-order valence-corrected chi connectivity index (χ0v) is 13.6. The zero-order chi connectivity index (χ0) is 16.7. The van der Waals surface area contributed by atoms with E-state index in [0.29, 0.717) is 18.1 Å². The second-order valence-corrected chi connectivity index (χ2v) is 5.91. The fraction of sp³-hybridized carbons (Fsp3) is 0.375. The monoisotopic (exact) mass is 326 g/mol. The molecule has 4 rings (SSSR count). The minimum absolute atomic E-state index is 0.0370. The van der Waals surface area contributed by atoms with E-state index in [2.05, 4.69) is 38.9 Å². The van der Waals surface area contributed by atoms with Gasteiger partial charge in [-0.2, -0.15) is 4.52 Å². The SMILES string of the molecule is Cc1ccc2n1CCN(C(=O)COc1ccc3nncn3n1)[C@H]2C. The van der Waals surface area contributed by atoms with Gasteiger partial charge < -0.3 is 14.2 Å². The van der Waals surface area contributed by atoms with Crippen molar-refractivity contribution in [1.29, 1.82) is 0 Å². The summed E-state index contributed by atoms with van der Waals surface area (Å²) in [6.07, 6.45) is 1.49. The third-order valence-electron chi connectivity index (χ3n) is 4.49. The maximum Gasteiger partial charge on any atom is 0.261 e. The molecule has 8 nitrogen and oxygen atoms in total. The second kappa shape index (κ2) is 5.63. The van der Waals surface area contributed by atoms with Gasteiger partial charge in [-0.15, -0.1) is 15.3 Å². The van der Waals surface area contributed by atoms with Crippen LogP contribution in [0.25, 0.3) is 5.65 Å². The van der Waals surface area contributed by atoms with Crippen LogP contribution in [-0.2, 0) is 11.3 Å². The summed E-state index contributed by atoms with van der Waals surface area (Å²) in [5.41, 5.74) is 3.03. The van der Waals surface area contributed by atoms with Crippen molar-refractivity contribution in [3.8, 4) is 5.88 Å². The van der Waals surface area contributed by atoms with Gasteiger partial charge in [0.05, 0.1) is 6.04 Å². The van der Waals surface area contributed by atoms with Crippen molar-refractivity contribution in [3.05, 3.63) is 42.0 Å². The van der Waals surface area contributed by atoms with Crippen molar-refractivity contribution < 1.29 is 9.53 Å². The molecular weight excluding hydrogens is 308 g/mol. The summed E-state index contributed by atoms with van der Waals surface area (Å²) in [6.45, 7) is 5.59. The minimum atomic E-state index is -0.0433. The summed E-state index contributed by atoms with van der Waals surface area (Å²) in [4.78, 5) is 14.4. The molecule has 0 radical (unpaired) electrons. The first-order valence-corrected chi connectivity index (χ1v) is 7.89. The van der Waals surface area contributed by atoms with Crippen LogP contribution >= 0.6 is 0 Å². The molecule has 0 aliphatic carbocycles. The Kier molecular flexibility index (Phi) is 3.44. The van der Waals surface area contributed by atoms with E-state index in [4.69, 9.17) is 4.74 Å². The van der Waals surface area contributed by atoms with Gasteiger partial charge in [0.1, 0.15) is 6.33 Å². The maximum atomic E-state index is 12.5. The van der Waals surface area contributed by atoms with Crippen LogP contribution in [0.3, 0.4) is 0 Å². The molecule has 124 valence electrons. The highest BCUT2D eigenvalue weighted by molar-refractivity contribution is 5.78. The third-order valence-corrected chi connectivity index (χ3v) is 4.49. The van der Waals surface area contributed by atoms with Crippen molar-refractivity contribution in [3.63, 3.8) is 0 Å². The highest BCUT2D eigenvalue weighted by Gasteiger charge is 2.28. The normalized spacial score (nSPS) is 17.1. The number of carbonyl (C=O) groups excluding carboxylic acids is 1. The molecular formula is C16H18N6O2. The largest absolute Gasteiger partial charge is 0.467 e. The Morgan fingerprint density at radius 2 is 2.17 bits per heavy atom. The summed E-state index contributed by atoms with van der Waals surface area (Å²) in [5, 5.41) is 11.8. The quantitative estimate of drug-likeness (QED) is 0.723. The van der Waals surface area contributed by atoms with Crippen molar-refractivity contribution in [2.24, 2.45) is 0 Å². The molecule has 1 amide bonds. The molecule has 0 spiro atoms. The molecule has 0 saturated carbocycles. The number of fused-ring (bicyclic) bond motifs is 2. The van der Waals surface area contributed by atoms with Gasteiger partial charge in [0.15, 0.2) is 12.3 Å². The van der Waals surface area contributed by atoms with E-state index < -0.39 is 0 Å². The number of carbonyl (C=O) groups is 1. The van der Waals surface area contributed by atoms with E-state index in [9.17, 15) is 4.79 Å². The predicted octanol–water partition coefficient (Wildman–Crippen LogP) is 1.22. The van der Waals surface area contributed by atoms with Crippen LogP contribution in [0.2, 0.25) is 0 Å². The Bertz CT molecular complexity index is 899. The Balaban J connectivity index is 1.44. The topological polar surface area (TPSA) is 77.5 Å². The summed E-state index contributed by atoms with van der Waals surface area (Å²) >= 11 is 0. The standard InChI is InChI=1S/C16H18N6O2/c1-11-3-4-13-12(2)21(8-7-20(11)13)16(23)9-24-15-6-5-14-18-17-10-22(14)19-15/h3-6,10,12H,7-9H2,1-2H3/t12-/m0/s1. The van der Waals surface area contributed by atoms with Gasteiger partial charge in [-0.3, -0.25) is 4.79 Å². The fourth-order valence-corrected chi connectivity index (χ4v) is 3.17. The smallest absolute Gasteiger partial charge is 0.261 e. The summed E-state index contributed by atoms with van der Waals surface area (Å²) in [6, 6.07) is 7.65. The number of ether oxygens (including phenoxy) is 1. The van der Waals surface area contributed by atoms with Gasteiger partial charge >= 0.3 is 0 Å². The van der Waals surface area contributed by atoms with Crippen molar-refractivity contribution in [2.45, 2.75) is 26.4 Å². The number of rotatable bonds is 3.